The molecule has 2 aromatic rings. The SMILES string of the molecule is COc1cccc(NS(=O)(=O)c2ccc(C#N)s2)c1. The monoisotopic (exact) mass is 294 g/mol. The Morgan fingerprint density at radius 1 is 1.32 bits per heavy atom. The van der Waals surface area contributed by atoms with Crippen molar-refractivity contribution in [3.63, 3.8) is 0 Å². The summed E-state index contributed by atoms with van der Waals surface area (Å²) in [6.07, 6.45) is 0. The number of ether oxygens (including phenoxy) is 1. The number of methoxy groups -OCH3 is 1. The van der Waals surface area contributed by atoms with E-state index in [1.54, 1.807) is 24.3 Å². The molecule has 0 aliphatic heterocycles. The third-order valence-corrected chi connectivity index (χ3v) is 5.14. The molecule has 2 rings (SSSR count). The summed E-state index contributed by atoms with van der Waals surface area (Å²) in [5.41, 5.74) is 0.409. The molecular formula is C12H10N2O3S2. The molecule has 0 spiro atoms. The first-order chi connectivity index (χ1) is 9.05. The highest BCUT2D eigenvalue weighted by atomic mass is 32.2. The van der Waals surface area contributed by atoms with Gasteiger partial charge < -0.3 is 4.74 Å². The van der Waals surface area contributed by atoms with Crippen LogP contribution in [0.2, 0.25) is 0 Å². The summed E-state index contributed by atoms with van der Waals surface area (Å²) in [5, 5.41) is 8.70. The quantitative estimate of drug-likeness (QED) is 0.939. The zero-order valence-electron chi connectivity index (χ0n) is 9.95. The molecule has 1 N–H and O–H groups in total. The van der Waals surface area contributed by atoms with E-state index < -0.39 is 10.0 Å². The maximum atomic E-state index is 12.1. The molecule has 0 aliphatic carbocycles. The summed E-state index contributed by atoms with van der Waals surface area (Å²) < 4.78 is 31.7. The Hall–Kier alpha value is -2.04. The number of rotatable bonds is 4. The number of anilines is 1. The summed E-state index contributed by atoms with van der Waals surface area (Å²) in [5.74, 6) is 0.559. The maximum absolute atomic E-state index is 12.1. The van der Waals surface area contributed by atoms with Gasteiger partial charge in [0.1, 0.15) is 20.9 Å². The van der Waals surface area contributed by atoms with Gasteiger partial charge in [-0.1, -0.05) is 6.07 Å². The van der Waals surface area contributed by atoms with Gasteiger partial charge in [-0.2, -0.15) is 5.26 Å². The molecule has 19 heavy (non-hydrogen) atoms. The van der Waals surface area contributed by atoms with Gasteiger partial charge in [-0.15, -0.1) is 11.3 Å². The second-order valence-corrected chi connectivity index (χ2v) is 6.56. The van der Waals surface area contributed by atoms with Gasteiger partial charge in [-0.25, -0.2) is 8.42 Å². The standard InChI is InChI=1S/C12H10N2O3S2/c1-17-10-4-2-3-9(7-10)14-19(15,16)12-6-5-11(8-13)18-12/h2-7,14H,1H3. The van der Waals surface area contributed by atoms with Crippen LogP contribution in [0.3, 0.4) is 0 Å². The van der Waals surface area contributed by atoms with Crippen LogP contribution in [0.5, 0.6) is 5.75 Å². The highest BCUT2D eigenvalue weighted by Gasteiger charge is 2.17. The summed E-state index contributed by atoms with van der Waals surface area (Å²) in [6.45, 7) is 0. The number of nitriles is 1. The van der Waals surface area contributed by atoms with Crippen molar-refractivity contribution in [2.24, 2.45) is 0 Å². The summed E-state index contributed by atoms with van der Waals surface area (Å²) in [6, 6.07) is 11.4. The number of nitrogens with zero attached hydrogens (tertiary/aromatic N) is 1. The van der Waals surface area contributed by atoms with E-state index in [4.69, 9.17) is 10.00 Å². The summed E-state index contributed by atoms with van der Waals surface area (Å²) in [7, 11) is -2.16. The van der Waals surface area contributed by atoms with Crippen molar-refractivity contribution in [3.05, 3.63) is 41.3 Å². The smallest absolute Gasteiger partial charge is 0.271 e. The number of nitrogens with one attached hydrogen (secondary N) is 1. The Kier molecular flexibility index (Phi) is 3.74. The minimum absolute atomic E-state index is 0.104. The highest BCUT2D eigenvalue weighted by Crippen LogP contribution is 2.25. The maximum Gasteiger partial charge on any atom is 0.271 e. The molecule has 0 radical (unpaired) electrons. The topological polar surface area (TPSA) is 79.2 Å². The number of hydrogen-bond donors (Lipinski definition) is 1. The van der Waals surface area contributed by atoms with Crippen LogP contribution in [0.15, 0.2) is 40.6 Å². The van der Waals surface area contributed by atoms with Crippen molar-refractivity contribution >= 4 is 27.0 Å². The molecule has 0 aliphatic rings. The molecule has 0 saturated heterocycles. The molecule has 0 fully saturated rings. The molecule has 0 unspecified atom stereocenters. The second-order valence-electron chi connectivity index (χ2n) is 3.57. The Balaban J connectivity index is 2.28. The van der Waals surface area contributed by atoms with Crippen molar-refractivity contribution < 1.29 is 13.2 Å². The molecule has 5 nitrogen and oxygen atoms in total. The zero-order chi connectivity index (χ0) is 13.9. The van der Waals surface area contributed by atoms with Gasteiger partial charge in [-0.05, 0) is 24.3 Å². The number of thiophene rings is 1. The van der Waals surface area contributed by atoms with E-state index in [2.05, 4.69) is 4.72 Å². The van der Waals surface area contributed by atoms with Crippen molar-refractivity contribution in [2.75, 3.05) is 11.8 Å². The Morgan fingerprint density at radius 3 is 2.74 bits per heavy atom. The van der Waals surface area contributed by atoms with E-state index in [1.165, 1.54) is 19.2 Å². The fourth-order valence-corrected chi connectivity index (χ4v) is 3.57. The molecule has 0 atom stereocenters. The summed E-state index contributed by atoms with van der Waals surface area (Å²) in [4.78, 5) is 0.353. The third kappa shape index (κ3) is 3.05. The van der Waals surface area contributed by atoms with Crippen LogP contribution >= 0.6 is 11.3 Å². The van der Waals surface area contributed by atoms with Crippen LogP contribution in [0, 0.1) is 11.3 Å². The van der Waals surface area contributed by atoms with Crippen LogP contribution < -0.4 is 9.46 Å². The second kappa shape index (κ2) is 5.30. The van der Waals surface area contributed by atoms with Crippen molar-refractivity contribution in [2.45, 2.75) is 4.21 Å². The van der Waals surface area contributed by atoms with Crippen LogP contribution in [0.1, 0.15) is 4.88 Å². The van der Waals surface area contributed by atoms with Crippen LogP contribution in [-0.2, 0) is 10.0 Å². The van der Waals surface area contributed by atoms with Gasteiger partial charge in [0.2, 0.25) is 0 Å². The van der Waals surface area contributed by atoms with Gasteiger partial charge in [0.15, 0.2) is 0 Å². The molecule has 1 aromatic heterocycles. The molecule has 98 valence electrons. The predicted molar refractivity (Wildman–Crippen MR) is 72.8 cm³/mol. The molecule has 1 heterocycles. The molecular weight excluding hydrogens is 284 g/mol. The van der Waals surface area contributed by atoms with E-state index in [9.17, 15) is 8.42 Å². The lowest BCUT2D eigenvalue weighted by atomic mass is 10.3. The number of sulfonamides is 1. The van der Waals surface area contributed by atoms with Crippen molar-refractivity contribution in [1.82, 2.24) is 0 Å². The average Bonchev–Trinajstić information content (AvgIpc) is 2.88. The molecule has 0 bridgehead atoms. The Bertz CT molecular complexity index is 729. The largest absolute Gasteiger partial charge is 0.497 e. The minimum atomic E-state index is -3.67. The molecule has 7 heteroatoms. The minimum Gasteiger partial charge on any atom is -0.497 e. The lowest BCUT2D eigenvalue weighted by Gasteiger charge is -2.07. The predicted octanol–water partition coefficient (Wildman–Crippen LogP) is 2.43. The van der Waals surface area contributed by atoms with Gasteiger partial charge in [0.25, 0.3) is 10.0 Å². The highest BCUT2D eigenvalue weighted by molar-refractivity contribution is 7.94. The van der Waals surface area contributed by atoms with Gasteiger partial charge in [0.05, 0.1) is 12.8 Å². The number of benzene rings is 1. The molecule has 0 amide bonds. The number of hydrogen-bond acceptors (Lipinski definition) is 5. The fraction of sp³-hybridized carbons (Fsp3) is 0.0833. The van der Waals surface area contributed by atoms with Gasteiger partial charge >= 0.3 is 0 Å². The molecule has 1 aromatic carbocycles. The van der Waals surface area contributed by atoms with Crippen molar-refractivity contribution in [1.29, 1.82) is 5.26 Å². The fourth-order valence-electron chi connectivity index (χ4n) is 1.42. The van der Waals surface area contributed by atoms with Gasteiger partial charge in [0, 0.05) is 6.07 Å². The van der Waals surface area contributed by atoms with E-state index in [0.29, 0.717) is 16.3 Å². The van der Waals surface area contributed by atoms with E-state index in [0.717, 1.165) is 11.3 Å². The van der Waals surface area contributed by atoms with E-state index in [-0.39, 0.29) is 4.21 Å². The Labute approximate surface area is 115 Å². The van der Waals surface area contributed by atoms with Gasteiger partial charge in [-0.3, -0.25) is 4.72 Å². The van der Waals surface area contributed by atoms with Crippen molar-refractivity contribution in [3.8, 4) is 11.8 Å². The normalized spacial score (nSPS) is 10.7. The van der Waals surface area contributed by atoms with E-state index >= 15 is 0 Å². The zero-order valence-corrected chi connectivity index (χ0v) is 11.6. The first-order valence-corrected chi connectivity index (χ1v) is 7.52. The van der Waals surface area contributed by atoms with E-state index in [1.807, 2.05) is 6.07 Å². The van der Waals surface area contributed by atoms with Crippen LogP contribution in [0.4, 0.5) is 5.69 Å². The first kappa shape index (κ1) is 13.4. The lowest BCUT2D eigenvalue weighted by molar-refractivity contribution is 0.415. The first-order valence-electron chi connectivity index (χ1n) is 5.22. The molecule has 0 saturated carbocycles. The third-order valence-electron chi connectivity index (χ3n) is 2.28. The summed E-state index contributed by atoms with van der Waals surface area (Å²) >= 11 is 0.926. The van der Waals surface area contributed by atoms with Crippen LogP contribution in [-0.4, -0.2) is 15.5 Å². The Morgan fingerprint density at radius 2 is 2.11 bits per heavy atom. The average molecular weight is 294 g/mol. The van der Waals surface area contributed by atoms with Crippen LogP contribution in [0.25, 0.3) is 0 Å². The lowest BCUT2D eigenvalue weighted by Crippen LogP contribution is -2.11.